The normalized spacial score (nSPS) is 11.0. The Morgan fingerprint density at radius 1 is 1.10 bits per heavy atom. The zero-order valence-electron chi connectivity index (χ0n) is 12.8. The van der Waals surface area contributed by atoms with Crippen LogP contribution in [0.5, 0.6) is 0 Å². The van der Waals surface area contributed by atoms with Gasteiger partial charge >= 0.3 is 0 Å². The van der Waals surface area contributed by atoms with Gasteiger partial charge in [0, 0.05) is 12.2 Å². The number of furan rings is 1. The first-order valence-electron chi connectivity index (χ1n) is 7.48. The second-order valence-electron chi connectivity index (χ2n) is 5.04. The molecule has 0 atom stereocenters. The summed E-state index contributed by atoms with van der Waals surface area (Å²) in [6.07, 6.45) is 0. The third-order valence-corrected chi connectivity index (χ3v) is 3.57. The highest BCUT2D eigenvalue weighted by Crippen LogP contribution is 2.15. The van der Waals surface area contributed by atoms with E-state index in [2.05, 4.69) is 48.3 Å². The van der Waals surface area contributed by atoms with Gasteiger partial charge in [0.2, 0.25) is 0 Å². The van der Waals surface area contributed by atoms with Gasteiger partial charge < -0.3 is 14.8 Å². The van der Waals surface area contributed by atoms with Crippen molar-refractivity contribution in [2.45, 2.75) is 33.5 Å². The summed E-state index contributed by atoms with van der Waals surface area (Å²) in [5.41, 5.74) is 2.39. The van der Waals surface area contributed by atoms with Crippen LogP contribution in [0.15, 0.2) is 40.8 Å². The van der Waals surface area contributed by atoms with E-state index in [-0.39, 0.29) is 6.61 Å². The summed E-state index contributed by atoms with van der Waals surface area (Å²) in [6, 6.07) is 12.1. The van der Waals surface area contributed by atoms with Crippen LogP contribution in [0, 0.1) is 0 Å². The van der Waals surface area contributed by atoms with Gasteiger partial charge in [-0.15, -0.1) is 0 Å². The highest BCUT2D eigenvalue weighted by Gasteiger charge is 2.03. The Balaban J connectivity index is 1.94. The molecule has 2 N–H and O–H groups in total. The van der Waals surface area contributed by atoms with Crippen molar-refractivity contribution in [2.75, 3.05) is 18.4 Å². The van der Waals surface area contributed by atoms with E-state index in [9.17, 15) is 0 Å². The zero-order chi connectivity index (χ0) is 15.1. The van der Waals surface area contributed by atoms with Gasteiger partial charge in [0.15, 0.2) is 0 Å². The summed E-state index contributed by atoms with van der Waals surface area (Å²) in [4.78, 5) is 2.39. The van der Waals surface area contributed by atoms with Gasteiger partial charge in [-0.3, -0.25) is 4.90 Å². The summed E-state index contributed by atoms with van der Waals surface area (Å²) in [7, 11) is 0. The van der Waals surface area contributed by atoms with Crippen LogP contribution < -0.4 is 5.32 Å². The molecule has 4 nitrogen and oxygen atoms in total. The van der Waals surface area contributed by atoms with Crippen LogP contribution in [-0.2, 0) is 19.7 Å². The minimum atomic E-state index is -0.0562. The monoisotopic (exact) mass is 288 g/mol. The molecule has 0 radical (unpaired) electrons. The lowest BCUT2D eigenvalue weighted by Gasteiger charge is -2.18. The summed E-state index contributed by atoms with van der Waals surface area (Å²) in [6.45, 7) is 8.02. The molecule has 0 amide bonds. The molecular formula is C17H24N2O2. The van der Waals surface area contributed by atoms with Gasteiger partial charge in [-0.25, -0.2) is 0 Å². The number of rotatable bonds is 8. The molecule has 114 valence electrons. The quantitative estimate of drug-likeness (QED) is 0.783. The topological polar surface area (TPSA) is 48.6 Å². The fourth-order valence-electron chi connectivity index (χ4n) is 2.28. The molecule has 0 unspecified atom stereocenters. The predicted molar refractivity (Wildman–Crippen MR) is 85.0 cm³/mol. The molecule has 0 bridgehead atoms. The van der Waals surface area contributed by atoms with E-state index in [0.717, 1.165) is 31.1 Å². The zero-order valence-corrected chi connectivity index (χ0v) is 12.8. The molecule has 0 fully saturated rings. The maximum atomic E-state index is 8.98. The lowest BCUT2D eigenvalue weighted by Crippen LogP contribution is -2.22. The Labute approximate surface area is 126 Å². The largest absolute Gasteiger partial charge is 0.462 e. The molecule has 0 saturated heterocycles. The second-order valence-corrected chi connectivity index (χ2v) is 5.04. The number of nitrogens with one attached hydrogen (secondary N) is 1. The molecular weight excluding hydrogens is 264 g/mol. The number of benzene rings is 1. The molecule has 0 aliphatic rings. The van der Waals surface area contributed by atoms with E-state index in [4.69, 9.17) is 9.52 Å². The highest BCUT2D eigenvalue weighted by atomic mass is 16.4. The van der Waals surface area contributed by atoms with Crippen LogP contribution in [0.1, 0.15) is 30.9 Å². The van der Waals surface area contributed by atoms with Gasteiger partial charge in [-0.2, -0.15) is 0 Å². The molecule has 1 aromatic carbocycles. The second kappa shape index (κ2) is 7.86. The molecule has 1 aromatic heterocycles. The van der Waals surface area contributed by atoms with Crippen molar-refractivity contribution in [3.63, 3.8) is 0 Å². The van der Waals surface area contributed by atoms with E-state index in [0.29, 0.717) is 12.3 Å². The molecule has 0 aliphatic heterocycles. The Bertz CT molecular complexity index is 547. The fourth-order valence-corrected chi connectivity index (χ4v) is 2.28. The highest BCUT2D eigenvalue weighted by molar-refractivity contribution is 5.45. The Kier molecular flexibility index (Phi) is 5.84. The number of hydrogen-bond donors (Lipinski definition) is 2. The van der Waals surface area contributed by atoms with E-state index in [1.807, 2.05) is 6.07 Å². The van der Waals surface area contributed by atoms with Gasteiger partial charge in [-0.05, 0) is 42.9 Å². The summed E-state index contributed by atoms with van der Waals surface area (Å²) < 4.78 is 5.46. The summed E-state index contributed by atoms with van der Waals surface area (Å²) in [5, 5.41) is 12.3. The van der Waals surface area contributed by atoms with E-state index in [1.54, 1.807) is 6.07 Å². The lowest BCUT2D eigenvalue weighted by atomic mass is 10.2. The first-order valence-corrected chi connectivity index (χ1v) is 7.48. The molecule has 0 saturated carbocycles. The van der Waals surface area contributed by atoms with E-state index in [1.165, 1.54) is 5.56 Å². The molecule has 4 heteroatoms. The minimum absolute atomic E-state index is 0.0562. The maximum Gasteiger partial charge on any atom is 0.129 e. The van der Waals surface area contributed by atoms with Crippen LogP contribution >= 0.6 is 0 Å². The van der Waals surface area contributed by atoms with E-state index < -0.39 is 0 Å². The van der Waals surface area contributed by atoms with Crippen LogP contribution in [-0.4, -0.2) is 23.1 Å². The Morgan fingerprint density at radius 3 is 2.52 bits per heavy atom. The van der Waals surface area contributed by atoms with Crippen molar-refractivity contribution in [3.05, 3.63) is 53.5 Å². The van der Waals surface area contributed by atoms with Crippen LogP contribution in [0.3, 0.4) is 0 Å². The van der Waals surface area contributed by atoms with Crippen molar-refractivity contribution in [3.8, 4) is 0 Å². The molecule has 2 rings (SSSR count). The van der Waals surface area contributed by atoms with Crippen LogP contribution in [0.2, 0.25) is 0 Å². The standard InChI is InChI=1S/C17H24N2O2/c1-3-19(4-2)12-14-6-5-7-15(10-14)18-11-16-8-9-17(13-20)21-16/h5-10,18,20H,3-4,11-13H2,1-2H3. The van der Waals surface area contributed by atoms with Crippen molar-refractivity contribution in [1.82, 2.24) is 4.90 Å². The SMILES string of the molecule is CCN(CC)Cc1cccc(NCc2ccc(CO)o2)c1. The minimum Gasteiger partial charge on any atom is -0.462 e. The maximum absolute atomic E-state index is 8.98. The van der Waals surface area contributed by atoms with E-state index >= 15 is 0 Å². The third kappa shape index (κ3) is 4.62. The predicted octanol–water partition coefficient (Wildman–Crippen LogP) is 3.23. The molecule has 21 heavy (non-hydrogen) atoms. The lowest BCUT2D eigenvalue weighted by molar-refractivity contribution is 0.244. The molecule has 1 heterocycles. The van der Waals surface area contributed by atoms with Crippen LogP contribution in [0.4, 0.5) is 5.69 Å². The van der Waals surface area contributed by atoms with Gasteiger partial charge in [-0.1, -0.05) is 26.0 Å². The number of aliphatic hydroxyl groups excluding tert-OH is 1. The molecule has 0 spiro atoms. The number of aliphatic hydroxyl groups is 1. The fraction of sp³-hybridized carbons (Fsp3) is 0.412. The van der Waals surface area contributed by atoms with Gasteiger partial charge in [0.05, 0.1) is 6.54 Å². The third-order valence-electron chi connectivity index (χ3n) is 3.57. The summed E-state index contributed by atoms with van der Waals surface area (Å²) >= 11 is 0. The first-order chi connectivity index (χ1) is 10.2. The van der Waals surface area contributed by atoms with Gasteiger partial charge in [0.25, 0.3) is 0 Å². The number of nitrogens with zero attached hydrogens (tertiary/aromatic N) is 1. The van der Waals surface area contributed by atoms with Gasteiger partial charge in [0.1, 0.15) is 18.1 Å². The van der Waals surface area contributed by atoms with Crippen LogP contribution in [0.25, 0.3) is 0 Å². The van der Waals surface area contributed by atoms with Crippen molar-refractivity contribution in [1.29, 1.82) is 0 Å². The average Bonchev–Trinajstić information content (AvgIpc) is 2.99. The Morgan fingerprint density at radius 2 is 1.86 bits per heavy atom. The summed E-state index contributed by atoms with van der Waals surface area (Å²) in [5.74, 6) is 1.43. The van der Waals surface area contributed by atoms with Crippen molar-refractivity contribution >= 4 is 5.69 Å². The Hall–Kier alpha value is -1.78. The van der Waals surface area contributed by atoms with Crippen molar-refractivity contribution in [2.24, 2.45) is 0 Å². The molecule has 2 aromatic rings. The number of anilines is 1. The van der Waals surface area contributed by atoms with Crippen molar-refractivity contribution < 1.29 is 9.52 Å². The average molecular weight is 288 g/mol. The first kappa shape index (κ1) is 15.6. The smallest absolute Gasteiger partial charge is 0.129 e. The number of hydrogen-bond acceptors (Lipinski definition) is 4. The molecule has 0 aliphatic carbocycles.